The molecule has 94 valence electrons. The first-order valence-corrected chi connectivity index (χ1v) is 6.06. The van der Waals surface area contributed by atoms with Gasteiger partial charge in [0, 0.05) is 12.6 Å². The second-order valence-electron chi connectivity index (χ2n) is 4.57. The van der Waals surface area contributed by atoms with Gasteiger partial charge in [0.25, 0.3) is 0 Å². The van der Waals surface area contributed by atoms with Crippen molar-refractivity contribution in [3.63, 3.8) is 0 Å². The number of aliphatic carboxylic acids is 1. The van der Waals surface area contributed by atoms with Crippen molar-refractivity contribution in [2.75, 3.05) is 6.54 Å². The van der Waals surface area contributed by atoms with Crippen LogP contribution in [-0.2, 0) is 17.8 Å². The van der Waals surface area contributed by atoms with Crippen LogP contribution in [0.15, 0.2) is 24.3 Å². The third kappa shape index (κ3) is 4.57. The highest BCUT2D eigenvalue weighted by atomic mass is 16.4. The lowest BCUT2D eigenvalue weighted by atomic mass is 10.1. The molecule has 0 amide bonds. The summed E-state index contributed by atoms with van der Waals surface area (Å²) in [4.78, 5) is 12.7. The second-order valence-corrected chi connectivity index (χ2v) is 4.57. The molecule has 0 spiro atoms. The lowest BCUT2D eigenvalue weighted by Crippen LogP contribution is -2.35. The molecule has 1 aromatic rings. The number of carboxylic acid groups (broad SMARTS) is 1. The number of hydrogen-bond acceptors (Lipinski definition) is 2. The van der Waals surface area contributed by atoms with E-state index >= 15 is 0 Å². The molecule has 1 aromatic carbocycles. The number of nitrogens with zero attached hydrogens (tertiary/aromatic N) is 1. The highest BCUT2D eigenvalue weighted by molar-refractivity contribution is 5.69. The van der Waals surface area contributed by atoms with Crippen molar-refractivity contribution < 1.29 is 9.90 Å². The van der Waals surface area contributed by atoms with Crippen LogP contribution in [0.25, 0.3) is 0 Å². The van der Waals surface area contributed by atoms with E-state index in [1.807, 2.05) is 24.8 Å². The van der Waals surface area contributed by atoms with Crippen LogP contribution < -0.4 is 0 Å². The topological polar surface area (TPSA) is 40.5 Å². The average molecular weight is 235 g/mol. The van der Waals surface area contributed by atoms with Crippen LogP contribution in [0.3, 0.4) is 0 Å². The zero-order chi connectivity index (χ0) is 12.8. The zero-order valence-electron chi connectivity index (χ0n) is 10.8. The van der Waals surface area contributed by atoms with Crippen molar-refractivity contribution in [2.45, 2.75) is 39.8 Å². The molecule has 0 aliphatic rings. The van der Waals surface area contributed by atoms with Crippen molar-refractivity contribution >= 4 is 5.97 Å². The monoisotopic (exact) mass is 235 g/mol. The van der Waals surface area contributed by atoms with E-state index < -0.39 is 5.97 Å². The molecule has 0 saturated carbocycles. The van der Waals surface area contributed by atoms with E-state index in [-0.39, 0.29) is 12.6 Å². The maximum absolute atomic E-state index is 10.8. The Morgan fingerprint density at radius 2 is 2.00 bits per heavy atom. The van der Waals surface area contributed by atoms with E-state index in [1.165, 1.54) is 11.1 Å². The third-order valence-electron chi connectivity index (χ3n) is 2.85. The Morgan fingerprint density at radius 3 is 2.53 bits per heavy atom. The van der Waals surface area contributed by atoms with Crippen molar-refractivity contribution in [3.05, 3.63) is 35.4 Å². The van der Waals surface area contributed by atoms with Crippen LogP contribution in [0.5, 0.6) is 0 Å². The molecule has 0 aliphatic heterocycles. The molecule has 0 bridgehead atoms. The van der Waals surface area contributed by atoms with Crippen LogP contribution in [0, 0.1) is 0 Å². The molecule has 0 fully saturated rings. The van der Waals surface area contributed by atoms with Gasteiger partial charge in [0.15, 0.2) is 0 Å². The van der Waals surface area contributed by atoms with Gasteiger partial charge in [-0.3, -0.25) is 9.69 Å². The molecule has 0 aliphatic carbocycles. The first-order valence-electron chi connectivity index (χ1n) is 6.06. The maximum atomic E-state index is 10.8. The Balaban J connectivity index is 2.74. The summed E-state index contributed by atoms with van der Waals surface area (Å²) >= 11 is 0. The summed E-state index contributed by atoms with van der Waals surface area (Å²) in [6.45, 7) is 6.95. The number of carbonyl (C=O) groups is 1. The molecule has 0 saturated heterocycles. The summed E-state index contributed by atoms with van der Waals surface area (Å²) in [5, 5.41) is 8.87. The average Bonchev–Trinajstić information content (AvgIpc) is 2.27. The highest BCUT2D eigenvalue weighted by Gasteiger charge is 2.13. The molecule has 1 rings (SSSR count). The number of aryl methyl sites for hydroxylation is 1. The molecule has 1 N–H and O–H groups in total. The molecule has 0 unspecified atom stereocenters. The first kappa shape index (κ1) is 13.7. The van der Waals surface area contributed by atoms with E-state index in [2.05, 4.69) is 25.1 Å². The molecule has 17 heavy (non-hydrogen) atoms. The summed E-state index contributed by atoms with van der Waals surface area (Å²) in [5.41, 5.74) is 2.47. The molecule has 3 nitrogen and oxygen atoms in total. The SMILES string of the molecule is CCc1cccc(CN(CC(=O)O)C(C)C)c1. The Labute approximate surface area is 103 Å². The van der Waals surface area contributed by atoms with Crippen LogP contribution in [-0.4, -0.2) is 28.6 Å². The molecule has 0 atom stereocenters. The summed E-state index contributed by atoms with van der Waals surface area (Å²) in [5.74, 6) is -0.773. The van der Waals surface area contributed by atoms with Gasteiger partial charge in [0.2, 0.25) is 0 Å². The maximum Gasteiger partial charge on any atom is 0.317 e. The smallest absolute Gasteiger partial charge is 0.317 e. The van der Waals surface area contributed by atoms with Gasteiger partial charge in [0.1, 0.15) is 0 Å². The van der Waals surface area contributed by atoms with Gasteiger partial charge in [-0.15, -0.1) is 0 Å². The first-order chi connectivity index (χ1) is 8.02. The summed E-state index contributed by atoms with van der Waals surface area (Å²) in [6.07, 6.45) is 1.01. The zero-order valence-corrected chi connectivity index (χ0v) is 10.8. The lowest BCUT2D eigenvalue weighted by molar-refractivity contribution is -0.138. The van der Waals surface area contributed by atoms with Gasteiger partial charge in [-0.05, 0) is 31.4 Å². The standard InChI is InChI=1S/C14H21NO2/c1-4-12-6-5-7-13(8-12)9-15(11(2)3)10-14(16)17/h5-8,11H,4,9-10H2,1-3H3,(H,16,17). The fraction of sp³-hybridized carbons (Fsp3) is 0.500. The Morgan fingerprint density at radius 1 is 1.35 bits per heavy atom. The lowest BCUT2D eigenvalue weighted by Gasteiger charge is -2.24. The van der Waals surface area contributed by atoms with E-state index in [0.717, 1.165) is 6.42 Å². The number of carboxylic acids is 1. The minimum atomic E-state index is -0.773. The van der Waals surface area contributed by atoms with Crippen molar-refractivity contribution in [3.8, 4) is 0 Å². The quantitative estimate of drug-likeness (QED) is 0.823. The van der Waals surface area contributed by atoms with Crippen molar-refractivity contribution in [1.29, 1.82) is 0 Å². The van der Waals surface area contributed by atoms with Gasteiger partial charge in [-0.2, -0.15) is 0 Å². The van der Waals surface area contributed by atoms with Crippen molar-refractivity contribution in [1.82, 2.24) is 4.90 Å². The summed E-state index contributed by atoms with van der Waals surface area (Å²) in [7, 11) is 0. The Bertz CT molecular complexity index is 374. The Kier molecular flexibility index (Phi) is 5.16. The summed E-state index contributed by atoms with van der Waals surface area (Å²) in [6, 6.07) is 8.57. The highest BCUT2D eigenvalue weighted by Crippen LogP contribution is 2.11. The van der Waals surface area contributed by atoms with Gasteiger partial charge in [-0.1, -0.05) is 31.2 Å². The van der Waals surface area contributed by atoms with Crippen LogP contribution >= 0.6 is 0 Å². The Hall–Kier alpha value is -1.35. The normalized spacial score (nSPS) is 11.1. The van der Waals surface area contributed by atoms with E-state index in [4.69, 9.17) is 5.11 Å². The largest absolute Gasteiger partial charge is 0.480 e. The predicted octanol–water partition coefficient (Wildman–Crippen LogP) is 2.54. The van der Waals surface area contributed by atoms with Gasteiger partial charge < -0.3 is 5.11 Å². The number of benzene rings is 1. The van der Waals surface area contributed by atoms with E-state index in [9.17, 15) is 4.79 Å². The van der Waals surface area contributed by atoms with Crippen molar-refractivity contribution in [2.24, 2.45) is 0 Å². The van der Waals surface area contributed by atoms with Gasteiger partial charge >= 0.3 is 5.97 Å². The minimum absolute atomic E-state index is 0.0913. The molecule has 3 heteroatoms. The predicted molar refractivity (Wildman–Crippen MR) is 69.0 cm³/mol. The van der Waals surface area contributed by atoms with E-state index in [0.29, 0.717) is 6.54 Å². The minimum Gasteiger partial charge on any atom is -0.480 e. The molecular formula is C14H21NO2. The second kappa shape index (κ2) is 6.40. The fourth-order valence-corrected chi connectivity index (χ4v) is 1.78. The van der Waals surface area contributed by atoms with Crippen LogP contribution in [0.1, 0.15) is 31.9 Å². The fourth-order valence-electron chi connectivity index (χ4n) is 1.78. The number of rotatable bonds is 6. The van der Waals surface area contributed by atoms with E-state index in [1.54, 1.807) is 0 Å². The molecular weight excluding hydrogens is 214 g/mol. The van der Waals surface area contributed by atoms with Gasteiger partial charge in [0.05, 0.1) is 6.54 Å². The molecule has 0 heterocycles. The van der Waals surface area contributed by atoms with Gasteiger partial charge in [-0.25, -0.2) is 0 Å². The third-order valence-corrected chi connectivity index (χ3v) is 2.85. The summed E-state index contributed by atoms with van der Waals surface area (Å²) < 4.78 is 0. The molecule has 0 aromatic heterocycles. The molecule has 0 radical (unpaired) electrons. The number of hydrogen-bond donors (Lipinski definition) is 1. The van der Waals surface area contributed by atoms with Crippen LogP contribution in [0.2, 0.25) is 0 Å². The van der Waals surface area contributed by atoms with Crippen LogP contribution in [0.4, 0.5) is 0 Å².